The monoisotopic (exact) mass is 251 g/mol. The first kappa shape index (κ1) is 15.0. The van der Waals surface area contributed by atoms with Crippen LogP contribution in [0.25, 0.3) is 0 Å². The highest BCUT2D eigenvalue weighted by Gasteiger charge is 2.31. The number of benzene rings is 1. The van der Waals surface area contributed by atoms with Gasteiger partial charge in [0.15, 0.2) is 0 Å². The van der Waals surface area contributed by atoms with Gasteiger partial charge in [0, 0.05) is 5.54 Å². The zero-order valence-electron chi connectivity index (χ0n) is 12.1. The van der Waals surface area contributed by atoms with Crippen molar-refractivity contribution in [3.63, 3.8) is 0 Å². The Bertz CT molecular complexity index is 357. The van der Waals surface area contributed by atoms with Crippen molar-refractivity contribution in [3.8, 4) is 5.75 Å². The van der Waals surface area contributed by atoms with Crippen molar-refractivity contribution < 1.29 is 9.84 Å². The predicted molar refractivity (Wildman–Crippen MR) is 75.0 cm³/mol. The van der Waals surface area contributed by atoms with E-state index in [4.69, 9.17) is 4.74 Å². The number of hydrogen-bond donors (Lipinski definition) is 1. The molecule has 1 rings (SSSR count). The molecular weight excluding hydrogens is 226 g/mol. The van der Waals surface area contributed by atoms with Crippen LogP contribution in [0.2, 0.25) is 0 Å². The maximum atomic E-state index is 10.4. The molecule has 0 saturated heterocycles. The minimum Gasteiger partial charge on any atom is -0.494 e. The number of aliphatic hydroxyl groups is 1. The fourth-order valence-corrected chi connectivity index (χ4v) is 1.62. The van der Waals surface area contributed by atoms with E-state index >= 15 is 0 Å². The Morgan fingerprint density at radius 3 is 2.22 bits per heavy atom. The molecule has 0 spiro atoms. The summed E-state index contributed by atoms with van der Waals surface area (Å²) in [5, 5.41) is 10.4. The van der Waals surface area contributed by atoms with Crippen molar-refractivity contribution >= 4 is 0 Å². The van der Waals surface area contributed by atoms with Gasteiger partial charge in [-0.3, -0.25) is 0 Å². The highest BCUT2D eigenvalue weighted by atomic mass is 16.5. The lowest BCUT2D eigenvalue weighted by molar-refractivity contribution is 0.0164. The molecule has 0 bridgehead atoms. The highest BCUT2D eigenvalue weighted by molar-refractivity contribution is 5.29. The minimum absolute atomic E-state index is 0.300. The topological polar surface area (TPSA) is 32.7 Å². The van der Waals surface area contributed by atoms with E-state index < -0.39 is 6.10 Å². The summed E-state index contributed by atoms with van der Waals surface area (Å²) in [4.78, 5) is 2.03. The van der Waals surface area contributed by atoms with Crippen LogP contribution in [0, 0.1) is 0 Å². The molecule has 102 valence electrons. The highest BCUT2D eigenvalue weighted by Crippen LogP contribution is 2.30. The standard InChI is InChI=1S/C15H25NO2/c1-6-11-18-13-9-7-12(8-10-13)14(17)15(2,3)16(4)5/h7-10,14,17H,6,11H2,1-5H3. The van der Waals surface area contributed by atoms with E-state index in [0.717, 1.165) is 24.3 Å². The lowest BCUT2D eigenvalue weighted by Gasteiger charge is -2.37. The van der Waals surface area contributed by atoms with Crippen LogP contribution in [0.4, 0.5) is 0 Å². The van der Waals surface area contributed by atoms with E-state index in [1.807, 2.05) is 57.1 Å². The summed E-state index contributed by atoms with van der Waals surface area (Å²) < 4.78 is 5.53. The average Bonchev–Trinajstić information content (AvgIpc) is 2.35. The van der Waals surface area contributed by atoms with Gasteiger partial charge in [0.05, 0.1) is 12.7 Å². The Kier molecular flexibility index (Phi) is 5.17. The van der Waals surface area contributed by atoms with Crippen molar-refractivity contribution in [1.82, 2.24) is 4.90 Å². The molecule has 3 nitrogen and oxygen atoms in total. The van der Waals surface area contributed by atoms with Crippen LogP contribution < -0.4 is 4.74 Å². The molecule has 3 heteroatoms. The molecule has 0 aliphatic carbocycles. The minimum atomic E-state index is -0.521. The van der Waals surface area contributed by atoms with Crippen LogP contribution in [-0.2, 0) is 0 Å². The van der Waals surface area contributed by atoms with Gasteiger partial charge in [0.2, 0.25) is 0 Å². The summed E-state index contributed by atoms with van der Waals surface area (Å²) in [5.41, 5.74) is 0.615. The fourth-order valence-electron chi connectivity index (χ4n) is 1.62. The van der Waals surface area contributed by atoms with E-state index in [0.29, 0.717) is 0 Å². The smallest absolute Gasteiger partial charge is 0.119 e. The first-order chi connectivity index (χ1) is 8.39. The second-order valence-electron chi connectivity index (χ2n) is 5.37. The lowest BCUT2D eigenvalue weighted by atomic mass is 9.90. The maximum absolute atomic E-state index is 10.4. The molecule has 1 aromatic rings. The van der Waals surface area contributed by atoms with Crippen molar-refractivity contribution in [2.24, 2.45) is 0 Å². The Balaban J connectivity index is 2.78. The van der Waals surface area contributed by atoms with E-state index in [9.17, 15) is 5.11 Å². The molecule has 1 unspecified atom stereocenters. The molecule has 0 aliphatic heterocycles. The van der Waals surface area contributed by atoms with Crippen molar-refractivity contribution in [1.29, 1.82) is 0 Å². The van der Waals surface area contributed by atoms with Crippen molar-refractivity contribution in [2.45, 2.75) is 38.8 Å². The predicted octanol–water partition coefficient (Wildman–Crippen LogP) is 2.85. The number of rotatable bonds is 6. The summed E-state index contributed by atoms with van der Waals surface area (Å²) in [5.74, 6) is 0.857. The van der Waals surface area contributed by atoms with E-state index in [1.54, 1.807) is 0 Å². The van der Waals surface area contributed by atoms with Crippen LogP contribution in [0.1, 0.15) is 38.9 Å². The summed E-state index contributed by atoms with van der Waals surface area (Å²) >= 11 is 0. The van der Waals surface area contributed by atoms with E-state index in [1.165, 1.54) is 0 Å². The molecule has 0 aliphatic rings. The van der Waals surface area contributed by atoms with Crippen LogP contribution in [-0.4, -0.2) is 36.2 Å². The van der Waals surface area contributed by atoms with Gasteiger partial charge in [-0.25, -0.2) is 0 Å². The van der Waals surface area contributed by atoms with Gasteiger partial charge >= 0.3 is 0 Å². The second kappa shape index (κ2) is 6.21. The lowest BCUT2D eigenvalue weighted by Crippen LogP contribution is -2.43. The van der Waals surface area contributed by atoms with Crippen LogP contribution in [0.3, 0.4) is 0 Å². The summed E-state index contributed by atoms with van der Waals surface area (Å²) in [6, 6.07) is 7.70. The molecule has 0 saturated carbocycles. The Labute approximate surface area is 110 Å². The third kappa shape index (κ3) is 3.47. The number of nitrogens with zero attached hydrogens (tertiary/aromatic N) is 1. The molecule has 0 radical (unpaired) electrons. The zero-order chi connectivity index (χ0) is 13.8. The van der Waals surface area contributed by atoms with Gasteiger partial charge in [0.25, 0.3) is 0 Å². The molecule has 0 aromatic heterocycles. The number of hydrogen-bond acceptors (Lipinski definition) is 3. The van der Waals surface area contributed by atoms with Crippen molar-refractivity contribution in [3.05, 3.63) is 29.8 Å². The summed E-state index contributed by atoms with van der Waals surface area (Å²) in [7, 11) is 3.95. The summed E-state index contributed by atoms with van der Waals surface area (Å²) in [6.45, 7) is 6.86. The molecule has 0 amide bonds. The van der Waals surface area contributed by atoms with Gasteiger partial charge in [-0.15, -0.1) is 0 Å². The molecule has 0 heterocycles. The van der Waals surface area contributed by atoms with Crippen LogP contribution in [0.5, 0.6) is 5.75 Å². The third-order valence-electron chi connectivity index (χ3n) is 3.49. The van der Waals surface area contributed by atoms with Crippen LogP contribution in [0.15, 0.2) is 24.3 Å². The number of ether oxygens (including phenoxy) is 1. The maximum Gasteiger partial charge on any atom is 0.119 e. The Hall–Kier alpha value is -1.06. The van der Waals surface area contributed by atoms with Crippen molar-refractivity contribution in [2.75, 3.05) is 20.7 Å². The van der Waals surface area contributed by atoms with Gasteiger partial charge in [0.1, 0.15) is 5.75 Å². The molecule has 18 heavy (non-hydrogen) atoms. The van der Waals surface area contributed by atoms with E-state index in [-0.39, 0.29) is 5.54 Å². The van der Waals surface area contributed by atoms with Gasteiger partial charge in [-0.05, 0) is 52.1 Å². The Morgan fingerprint density at radius 1 is 1.22 bits per heavy atom. The molecule has 1 atom stereocenters. The van der Waals surface area contributed by atoms with E-state index in [2.05, 4.69) is 6.92 Å². The first-order valence-electron chi connectivity index (χ1n) is 6.47. The fraction of sp³-hybridized carbons (Fsp3) is 0.600. The largest absolute Gasteiger partial charge is 0.494 e. The molecular formula is C15H25NO2. The van der Waals surface area contributed by atoms with Gasteiger partial charge in [-0.2, -0.15) is 0 Å². The molecule has 0 fully saturated rings. The number of aliphatic hydroxyl groups excluding tert-OH is 1. The summed E-state index contributed by atoms with van der Waals surface area (Å²) in [6.07, 6.45) is 0.477. The van der Waals surface area contributed by atoms with Gasteiger partial charge < -0.3 is 14.7 Å². The second-order valence-corrected chi connectivity index (χ2v) is 5.37. The first-order valence-corrected chi connectivity index (χ1v) is 6.47. The normalized spacial score (nSPS) is 13.7. The Morgan fingerprint density at radius 2 is 1.78 bits per heavy atom. The SMILES string of the molecule is CCCOc1ccc(C(O)C(C)(C)N(C)C)cc1. The molecule has 1 N–H and O–H groups in total. The number of likely N-dealkylation sites (N-methyl/N-ethyl adjacent to an activating group) is 1. The zero-order valence-corrected chi connectivity index (χ0v) is 12.1. The van der Waals surface area contributed by atoms with Crippen LogP contribution >= 0.6 is 0 Å². The average molecular weight is 251 g/mol. The van der Waals surface area contributed by atoms with Gasteiger partial charge in [-0.1, -0.05) is 19.1 Å². The third-order valence-corrected chi connectivity index (χ3v) is 3.49. The molecule has 1 aromatic carbocycles. The quantitative estimate of drug-likeness (QED) is 0.844.